The van der Waals surface area contributed by atoms with Crippen molar-refractivity contribution in [2.45, 2.75) is 51.6 Å². The van der Waals surface area contributed by atoms with E-state index in [0.717, 1.165) is 13.0 Å². The number of carbonyl (C=O) groups is 1. The predicted molar refractivity (Wildman–Crippen MR) is 53.5 cm³/mol. The molecule has 3 nitrogen and oxygen atoms in total. The Kier molecular flexibility index (Phi) is 4.22. The van der Waals surface area contributed by atoms with E-state index in [9.17, 15) is 4.79 Å². The Hall–Kier alpha value is -0.570. The van der Waals surface area contributed by atoms with Gasteiger partial charge in [-0.15, -0.1) is 0 Å². The molecule has 0 heterocycles. The fraction of sp³-hybridized carbons (Fsp3) is 0.900. The molecule has 0 aromatic heterocycles. The Bertz CT molecular complexity index is 168. The molecule has 1 amide bonds. The highest BCUT2D eigenvalue weighted by atomic mass is 16.1. The minimum absolute atomic E-state index is 0.0924. The molecular formula is C10H20N2O. The van der Waals surface area contributed by atoms with Gasteiger partial charge in [-0.3, -0.25) is 4.79 Å². The molecule has 2 atom stereocenters. The van der Waals surface area contributed by atoms with Crippen molar-refractivity contribution < 1.29 is 4.79 Å². The molecule has 1 fully saturated rings. The fourth-order valence-corrected chi connectivity index (χ4v) is 2.07. The van der Waals surface area contributed by atoms with Gasteiger partial charge in [-0.25, -0.2) is 0 Å². The van der Waals surface area contributed by atoms with Crippen LogP contribution in [0, 0.1) is 0 Å². The minimum Gasteiger partial charge on any atom is -0.352 e. The number of hydrogen-bond acceptors (Lipinski definition) is 2. The lowest BCUT2D eigenvalue weighted by Crippen LogP contribution is -2.51. The molecule has 0 unspecified atom stereocenters. The van der Waals surface area contributed by atoms with E-state index < -0.39 is 0 Å². The van der Waals surface area contributed by atoms with E-state index in [1.54, 1.807) is 6.92 Å². The lowest BCUT2D eigenvalue weighted by Gasteiger charge is -2.32. The van der Waals surface area contributed by atoms with Crippen LogP contribution in [0.4, 0.5) is 0 Å². The summed E-state index contributed by atoms with van der Waals surface area (Å²) in [4.78, 5) is 10.9. The van der Waals surface area contributed by atoms with Crippen LogP contribution in [0.25, 0.3) is 0 Å². The zero-order valence-corrected chi connectivity index (χ0v) is 8.60. The zero-order valence-electron chi connectivity index (χ0n) is 8.60. The summed E-state index contributed by atoms with van der Waals surface area (Å²) in [5.41, 5.74) is 0. The normalized spacial score (nSPS) is 28.5. The molecule has 2 N–H and O–H groups in total. The number of amides is 1. The Morgan fingerprint density at radius 1 is 1.31 bits per heavy atom. The molecule has 0 saturated heterocycles. The zero-order chi connectivity index (χ0) is 9.68. The van der Waals surface area contributed by atoms with E-state index in [1.807, 2.05) is 0 Å². The molecular weight excluding hydrogens is 164 g/mol. The van der Waals surface area contributed by atoms with Gasteiger partial charge in [0.25, 0.3) is 0 Å². The maximum Gasteiger partial charge on any atom is 0.217 e. The van der Waals surface area contributed by atoms with Gasteiger partial charge in [-0.2, -0.15) is 0 Å². The molecule has 0 radical (unpaired) electrons. The predicted octanol–water partition coefficient (Wildman–Crippen LogP) is 1.04. The van der Waals surface area contributed by atoms with Crippen molar-refractivity contribution >= 4 is 5.91 Å². The van der Waals surface area contributed by atoms with Crippen LogP contribution in [0.3, 0.4) is 0 Å². The number of rotatable bonds is 3. The Morgan fingerprint density at radius 2 is 1.92 bits per heavy atom. The van der Waals surface area contributed by atoms with E-state index in [4.69, 9.17) is 0 Å². The monoisotopic (exact) mass is 184 g/mol. The van der Waals surface area contributed by atoms with E-state index in [2.05, 4.69) is 17.6 Å². The first-order valence-electron chi connectivity index (χ1n) is 5.24. The van der Waals surface area contributed by atoms with Crippen molar-refractivity contribution in [1.29, 1.82) is 0 Å². The van der Waals surface area contributed by atoms with Crippen molar-refractivity contribution in [3.8, 4) is 0 Å². The first kappa shape index (κ1) is 10.5. The van der Waals surface area contributed by atoms with Crippen LogP contribution in [0.1, 0.15) is 39.5 Å². The smallest absolute Gasteiger partial charge is 0.217 e. The van der Waals surface area contributed by atoms with E-state index in [0.29, 0.717) is 12.1 Å². The lowest BCUT2D eigenvalue weighted by molar-refractivity contribution is -0.120. The largest absolute Gasteiger partial charge is 0.352 e. The second-order valence-corrected chi connectivity index (χ2v) is 3.76. The fourth-order valence-electron chi connectivity index (χ4n) is 2.07. The molecule has 0 aromatic carbocycles. The number of likely N-dealkylation sites (N-methyl/N-ethyl adjacent to an activating group) is 1. The van der Waals surface area contributed by atoms with Gasteiger partial charge in [0.2, 0.25) is 5.91 Å². The van der Waals surface area contributed by atoms with Crippen LogP contribution in [-0.4, -0.2) is 24.5 Å². The van der Waals surface area contributed by atoms with Gasteiger partial charge in [-0.05, 0) is 19.4 Å². The highest BCUT2D eigenvalue weighted by molar-refractivity contribution is 5.73. The molecule has 3 heteroatoms. The van der Waals surface area contributed by atoms with Gasteiger partial charge in [0.1, 0.15) is 0 Å². The third kappa shape index (κ3) is 3.35. The quantitative estimate of drug-likeness (QED) is 0.688. The average Bonchev–Trinajstić information content (AvgIpc) is 2.08. The summed E-state index contributed by atoms with van der Waals surface area (Å²) in [6.45, 7) is 4.69. The molecule has 13 heavy (non-hydrogen) atoms. The Balaban J connectivity index is 2.41. The molecule has 0 bridgehead atoms. The highest BCUT2D eigenvalue weighted by Gasteiger charge is 2.24. The van der Waals surface area contributed by atoms with Gasteiger partial charge in [-0.1, -0.05) is 19.8 Å². The third-order valence-electron chi connectivity index (χ3n) is 2.62. The molecule has 0 spiro atoms. The van der Waals surface area contributed by atoms with Crippen LogP contribution in [0.15, 0.2) is 0 Å². The summed E-state index contributed by atoms with van der Waals surface area (Å²) in [5, 5.41) is 6.44. The Morgan fingerprint density at radius 3 is 2.46 bits per heavy atom. The molecule has 1 aliphatic carbocycles. The molecule has 1 aliphatic rings. The molecule has 0 aromatic rings. The summed E-state index contributed by atoms with van der Waals surface area (Å²) in [6, 6.07) is 0.842. The topological polar surface area (TPSA) is 41.1 Å². The first-order valence-corrected chi connectivity index (χ1v) is 5.24. The van der Waals surface area contributed by atoms with Crippen LogP contribution in [0.2, 0.25) is 0 Å². The Labute approximate surface area is 80.3 Å². The number of nitrogens with one attached hydrogen (secondary N) is 2. The van der Waals surface area contributed by atoms with Crippen LogP contribution in [-0.2, 0) is 4.79 Å². The standard InChI is InChI=1S/C10H20N2O/c1-3-11-9-6-4-5-7-10(9)12-8(2)13/h9-11H,3-7H2,1-2H3,(H,12,13)/t9-,10+/m0/s1. The van der Waals surface area contributed by atoms with Gasteiger partial charge in [0, 0.05) is 19.0 Å². The maximum absolute atomic E-state index is 10.9. The van der Waals surface area contributed by atoms with E-state index in [-0.39, 0.29) is 5.91 Å². The summed E-state index contributed by atoms with van der Waals surface area (Å²) < 4.78 is 0. The third-order valence-corrected chi connectivity index (χ3v) is 2.62. The van der Waals surface area contributed by atoms with Crippen molar-refractivity contribution in [3.05, 3.63) is 0 Å². The molecule has 0 aliphatic heterocycles. The van der Waals surface area contributed by atoms with Crippen LogP contribution < -0.4 is 10.6 Å². The average molecular weight is 184 g/mol. The van der Waals surface area contributed by atoms with Gasteiger partial charge < -0.3 is 10.6 Å². The second kappa shape index (κ2) is 5.22. The molecule has 1 rings (SSSR count). The van der Waals surface area contributed by atoms with Crippen molar-refractivity contribution in [3.63, 3.8) is 0 Å². The van der Waals surface area contributed by atoms with Crippen molar-refractivity contribution in [2.24, 2.45) is 0 Å². The van der Waals surface area contributed by atoms with Gasteiger partial charge in [0.15, 0.2) is 0 Å². The van der Waals surface area contributed by atoms with Gasteiger partial charge >= 0.3 is 0 Å². The summed E-state index contributed by atoms with van der Waals surface area (Å²) in [7, 11) is 0. The molecule has 76 valence electrons. The van der Waals surface area contributed by atoms with E-state index >= 15 is 0 Å². The maximum atomic E-state index is 10.9. The minimum atomic E-state index is 0.0924. The molecule has 1 saturated carbocycles. The van der Waals surface area contributed by atoms with Crippen LogP contribution in [0.5, 0.6) is 0 Å². The van der Waals surface area contributed by atoms with Crippen molar-refractivity contribution in [1.82, 2.24) is 10.6 Å². The second-order valence-electron chi connectivity index (χ2n) is 3.76. The first-order chi connectivity index (χ1) is 6.24. The van der Waals surface area contributed by atoms with Crippen LogP contribution >= 0.6 is 0 Å². The van der Waals surface area contributed by atoms with E-state index in [1.165, 1.54) is 19.3 Å². The summed E-state index contributed by atoms with van der Waals surface area (Å²) in [6.07, 6.45) is 4.84. The number of hydrogen-bond donors (Lipinski definition) is 2. The number of carbonyl (C=O) groups excluding carboxylic acids is 1. The highest BCUT2D eigenvalue weighted by Crippen LogP contribution is 2.18. The summed E-state index contributed by atoms with van der Waals surface area (Å²) >= 11 is 0. The lowest BCUT2D eigenvalue weighted by atomic mass is 9.90. The SMILES string of the molecule is CCN[C@H]1CCCC[C@H]1NC(C)=O. The van der Waals surface area contributed by atoms with Crippen molar-refractivity contribution in [2.75, 3.05) is 6.54 Å². The van der Waals surface area contributed by atoms with Gasteiger partial charge in [0.05, 0.1) is 0 Å². The summed E-state index contributed by atoms with van der Waals surface area (Å²) in [5.74, 6) is 0.0924.